The predicted molar refractivity (Wildman–Crippen MR) is 112 cm³/mol. The number of methoxy groups -OCH3 is 1. The maximum Gasteiger partial charge on any atom is 0.251 e. The van der Waals surface area contributed by atoms with Gasteiger partial charge in [-0.1, -0.05) is 36.8 Å². The molecule has 144 valence electrons. The first-order chi connectivity index (χ1) is 13.8. The van der Waals surface area contributed by atoms with Crippen molar-refractivity contribution in [2.45, 2.75) is 37.9 Å². The third-order valence-electron chi connectivity index (χ3n) is 5.08. The van der Waals surface area contributed by atoms with E-state index in [1.54, 1.807) is 13.3 Å². The molecule has 0 N–H and O–H groups in total. The van der Waals surface area contributed by atoms with Crippen LogP contribution in [0.2, 0.25) is 0 Å². The van der Waals surface area contributed by atoms with E-state index in [1.165, 1.54) is 6.42 Å². The molecule has 0 unspecified atom stereocenters. The van der Waals surface area contributed by atoms with Gasteiger partial charge >= 0.3 is 0 Å². The number of hydrogen-bond donors (Lipinski definition) is 0. The van der Waals surface area contributed by atoms with Gasteiger partial charge in [-0.3, -0.25) is 4.99 Å². The minimum atomic E-state index is -0.558. The van der Waals surface area contributed by atoms with Crippen molar-refractivity contribution >= 4 is 17.7 Å². The standard InChI is InChI=1S/C24H25NO3/c1-26-21-12-10-20(11-13-21)25-17-14-22-18-23(19-8-4-2-5-9-19)28-24(27-22)15-6-3-7-16-24/h2,4-5,8-14,17-18H,3,6-7,15-16H2,1H3/b22-14-,25-17?. The lowest BCUT2D eigenvalue weighted by atomic mass is 9.93. The molecule has 1 spiro atoms. The fourth-order valence-electron chi connectivity index (χ4n) is 3.61. The lowest BCUT2D eigenvalue weighted by Gasteiger charge is -2.41. The Morgan fingerprint density at radius 3 is 2.39 bits per heavy atom. The number of aliphatic imine (C=N–C) groups is 1. The highest BCUT2D eigenvalue weighted by Crippen LogP contribution is 2.41. The smallest absolute Gasteiger partial charge is 0.251 e. The number of nitrogens with zero attached hydrogens (tertiary/aromatic N) is 1. The molecule has 28 heavy (non-hydrogen) atoms. The van der Waals surface area contributed by atoms with Gasteiger partial charge in [0.1, 0.15) is 17.3 Å². The van der Waals surface area contributed by atoms with Gasteiger partial charge in [-0.05, 0) is 43.2 Å². The number of rotatable bonds is 4. The van der Waals surface area contributed by atoms with Gasteiger partial charge in [-0.25, -0.2) is 0 Å². The van der Waals surface area contributed by atoms with Crippen LogP contribution in [0.25, 0.3) is 5.76 Å². The molecule has 4 heteroatoms. The Bertz CT molecular complexity index is 876. The van der Waals surface area contributed by atoms with E-state index in [1.807, 2.05) is 54.6 Å². The zero-order chi connectivity index (χ0) is 19.2. The van der Waals surface area contributed by atoms with E-state index >= 15 is 0 Å². The molecular formula is C24H25NO3. The molecule has 1 heterocycles. The van der Waals surface area contributed by atoms with E-state index < -0.39 is 5.79 Å². The Kier molecular flexibility index (Phi) is 5.47. The number of benzene rings is 2. The molecule has 0 atom stereocenters. The summed E-state index contributed by atoms with van der Waals surface area (Å²) < 4.78 is 17.8. The molecular weight excluding hydrogens is 350 g/mol. The fourth-order valence-corrected chi connectivity index (χ4v) is 3.61. The molecule has 0 amide bonds. The lowest BCUT2D eigenvalue weighted by Crippen LogP contribution is -2.39. The second-order valence-corrected chi connectivity index (χ2v) is 7.10. The summed E-state index contributed by atoms with van der Waals surface area (Å²) >= 11 is 0. The molecule has 4 rings (SSSR count). The Balaban J connectivity index is 1.59. The second-order valence-electron chi connectivity index (χ2n) is 7.10. The molecule has 2 aromatic rings. The summed E-state index contributed by atoms with van der Waals surface area (Å²) in [6, 6.07) is 17.8. The van der Waals surface area contributed by atoms with Crippen molar-refractivity contribution in [2.24, 2.45) is 4.99 Å². The van der Waals surface area contributed by atoms with Gasteiger partial charge in [0.05, 0.1) is 12.8 Å². The van der Waals surface area contributed by atoms with Crippen molar-refractivity contribution in [1.82, 2.24) is 0 Å². The summed E-state index contributed by atoms with van der Waals surface area (Å²) in [5.41, 5.74) is 1.93. The van der Waals surface area contributed by atoms with E-state index in [4.69, 9.17) is 14.2 Å². The first-order valence-corrected chi connectivity index (χ1v) is 9.80. The molecule has 1 fully saturated rings. The second kappa shape index (κ2) is 8.34. The molecule has 0 saturated heterocycles. The topological polar surface area (TPSA) is 40.0 Å². The van der Waals surface area contributed by atoms with Crippen LogP contribution in [0, 0.1) is 0 Å². The quantitative estimate of drug-likeness (QED) is 0.613. The molecule has 1 aliphatic carbocycles. The third-order valence-corrected chi connectivity index (χ3v) is 5.08. The number of ether oxygens (including phenoxy) is 3. The zero-order valence-corrected chi connectivity index (χ0v) is 16.1. The molecule has 0 bridgehead atoms. The van der Waals surface area contributed by atoms with Crippen LogP contribution in [-0.4, -0.2) is 19.1 Å². The highest BCUT2D eigenvalue weighted by molar-refractivity contribution is 5.77. The average Bonchev–Trinajstić information content (AvgIpc) is 2.75. The minimum Gasteiger partial charge on any atom is -0.497 e. The third kappa shape index (κ3) is 4.28. The summed E-state index contributed by atoms with van der Waals surface area (Å²) in [5.74, 6) is 1.90. The molecule has 0 radical (unpaired) electrons. The van der Waals surface area contributed by atoms with Gasteiger partial charge in [0.25, 0.3) is 5.79 Å². The van der Waals surface area contributed by atoms with Crippen molar-refractivity contribution in [3.63, 3.8) is 0 Å². The predicted octanol–water partition coefficient (Wildman–Crippen LogP) is 6.03. The van der Waals surface area contributed by atoms with Crippen molar-refractivity contribution < 1.29 is 14.2 Å². The van der Waals surface area contributed by atoms with E-state index in [9.17, 15) is 0 Å². The number of hydrogen-bond acceptors (Lipinski definition) is 4. The van der Waals surface area contributed by atoms with Gasteiger partial charge in [0.2, 0.25) is 0 Å². The van der Waals surface area contributed by atoms with Crippen LogP contribution in [0.3, 0.4) is 0 Å². The Labute approximate surface area is 166 Å². The molecule has 4 nitrogen and oxygen atoms in total. The molecule has 2 aliphatic rings. The van der Waals surface area contributed by atoms with Crippen LogP contribution in [0.15, 0.2) is 77.5 Å². The largest absolute Gasteiger partial charge is 0.497 e. The average molecular weight is 375 g/mol. The van der Waals surface area contributed by atoms with Crippen molar-refractivity contribution in [1.29, 1.82) is 0 Å². The van der Waals surface area contributed by atoms with Gasteiger partial charge in [-0.15, -0.1) is 0 Å². The van der Waals surface area contributed by atoms with Crippen molar-refractivity contribution in [3.05, 3.63) is 78.1 Å². The maximum absolute atomic E-state index is 6.36. The first-order valence-electron chi connectivity index (χ1n) is 9.80. The summed E-state index contributed by atoms with van der Waals surface area (Å²) in [4.78, 5) is 4.50. The fraction of sp³-hybridized carbons (Fsp3) is 0.292. The minimum absolute atomic E-state index is 0.558. The van der Waals surface area contributed by atoms with Crippen LogP contribution < -0.4 is 4.74 Å². The van der Waals surface area contributed by atoms with Gasteiger partial charge in [-0.2, -0.15) is 0 Å². The Hall–Kier alpha value is -3.01. The van der Waals surface area contributed by atoms with E-state index in [-0.39, 0.29) is 0 Å². The molecule has 1 aliphatic heterocycles. The SMILES string of the molecule is COc1ccc(N=C/C=C2/C=C(c3ccccc3)OC3(CCCCC3)O2)cc1. The van der Waals surface area contributed by atoms with Crippen LogP contribution in [0.4, 0.5) is 5.69 Å². The molecule has 1 saturated carbocycles. The summed E-state index contributed by atoms with van der Waals surface area (Å²) in [6.07, 6.45) is 10.9. The summed E-state index contributed by atoms with van der Waals surface area (Å²) in [6.45, 7) is 0. The van der Waals surface area contributed by atoms with Gasteiger partial charge < -0.3 is 14.2 Å². The lowest BCUT2D eigenvalue weighted by molar-refractivity contribution is -0.196. The van der Waals surface area contributed by atoms with E-state index in [0.717, 1.165) is 54.2 Å². The molecule has 0 aromatic heterocycles. The van der Waals surface area contributed by atoms with E-state index in [2.05, 4.69) is 17.1 Å². The molecule has 2 aromatic carbocycles. The zero-order valence-electron chi connectivity index (χ0n) is 16.1. The Morgan fingerprint density at radius 2 is 1.68 bits per heavy atom. The van der Waals surface area contributed by atoms with Crippen LogP contribution >= 0.6 is 0 Å². The highest BCUT2D eigenvalue weighted by Gasteiger charge is 2.40. The van der Waals surface area contributed by atoms with E-state index in [0.29, 0.717) is 0 Å². The van der Waals surface area contributed by atoms with Crippen LogP contribution in [0.5, 0.6) is 5.75 Å². The summed E-state index contributed by atoms with van der Waals surface area (Å²) in [7, 11) is 1.66. The first kappa shape index (κ1) is 18.4. The van der Waals surface area contributed by atoms with Gasteiger partial charge in [0, 0.05) is 30.7 Å². The van der Waals surface area contributed by atoms with Crippen molar-refractivity contribution in [3.8, 4) is 5.75 Å². The van der Waals surface area contributed by atoms with Gasteiger partial charge in [0.15, 0.2) is 0 Å². The van der Waals surface area contributed by atoms with Crippen LogP contribution in [0.1, 0.15) is 37.7 Å². The monoisotopic (exact) mass is 375 g/mol. The number of allylic oxidation sites excluding steroid dienone is 2. The maximum atomic E-state index is 6.36. The van der Waals surface area contributed by atoms with Crippen molar-refractivity contribution in [2.75, 3.05) is 7.11 Å². The Morgan fingerprint density at radius 1 is 0.929 bits per heavy atom. The highest BCUT2D eigenvalue weighted by atomic mass is 16.7. The normalized spacial score (nSPS) is 19.9. The van der Waals surface area contributed by atoms with Crippen LogP contribution in [-0.2, 0) is 9.47 Å². The summed E-state index contributed by atoms with van der Waals surface area (Å²) in [5, 5.41) is 0.